The van der Waals surface area contributed by atoms with Crippen LogP contribution in [0.3, 0.4) is 0 Å². The van der Waals surface area contributed by atoms with Gasteiger partial charge in [-0.2, -0.15) is 0 Å². The first-order chi connectivity index (χ1) is 6.20. The highest BCUT2D eigenvalue weighted by Crippen LogP contribution is 2.44. The van der Waals surface area contributed by atoms with Crippen molar-refractivity contribution in [2.45, 2.75) is 25.8 Å². The Hall–Kier alpha value is -1.16. The maximum Gasteiger partial charge on any atom is 0.251 e. The molecule has 0 radical (unpaired) electrons. The number of nitrogens with two attached hydrogens (primary N) is 1. The summed E-state index contributed by atoms with van der Waals surface area (Å²) in [5, 5.41) is 0. The normalized spacial score (nSPS) is 26.0. The van der Waals surface area contributed by atoms with E-state index in [1.54, 1.807) is 0 Å². The molecule has 2 unspecified atom stereocenters. The van der Waals surface area contributed by atoms with E-state index >= 15 is 0 Å². The van der Waals surface area contributed by atoms with Crippen LogP contribution in [-0.4, -0.2) is 9.97 Å². The first-order valence-corrected chi connectivity index (χ1v) is 4.51. The summed E-state index contributed by atoms with van der Waals surface area (Å²) in [5.41, 5.74) is 6.01. The van der Waals surface area contributed by atoms with E-state index in [9.17, 15) is 4.79 Å². The average molecular weight is 179 g/mol. The Bertz CT molecular complexity index is 371. The van der Waals surface area contributed by atoms with E-state index in [2.05, 4.69) is 16.9 Å². The van der Waals surface area contributed by atoms with E-state index in [0.29, 0.717) is 24.1 Å². The second-order valence-electron chi connectivity index (χ2n) is 3.65. The van der Waals surface area contributed by atoms with Crippen LogP contribution in [0.4, 0.5) is 0 Å². The van der Waals surface area contributed by atoms with Crippen LogP contribution in [0.15, 0.2) is 10.9 Å². The molecule has 1 heterocycles. The molecule has 4 nitrogen and oxygen atoms in total. The lowest BCUT2D eigenvalue weighted by Gasteiger charge is -2.00. The number of hydrogen-bond donors (Lipinski definition) is 2. The van der Waals surface area contributed by atoms with Crippen molar-refractivity contribution in [2.24, 2.45) is 11.7 Å². The number of nitrogens with one attached hydrogen (secondary N) is 1. The van der Waals surface area contributed by atoms with E-state index in [1.165, 1.54) is 6.07 Å². The van der Waals surface area contributed by atoms with Crippen LogP contribution in [0.25, 0.3) is 0 Å². The highest BCUT2D eigenvalue weighted by molar-refractivity contribution is 5.12. The minimum atomic E-state index is -0.0930. The van der Waals surface area contributed by atoms with Gasteiger partial charge in [0.05, 0.1) is 5.69 Å². The molecule has 1 fully saturated rings. The molecule has 2 rings (SSSR count). The van der Waals surface area contributed by atoms with Crippen molar-refractivity contribution in [3.8, 4) is 0 Å². The standard InChI is InChI=1S/C9H13N3O/c1-5-2-7(5)9-11-6(4-10)3-8(13)12-9/h3,5,7H,2,4,10H2,1H3,(H,11,12,13). The summed E-state index contributed by atoms with van der Waals surface area (Å²) in [4.78, 5) is 18.2. The molecule has 0 aromatic carbocycles. The largest absolute Gasteiger partial charge is 0.325 e. The summed E-state index contributed by atoms with van der Waals surface area (Å²) in [6.45, 7) is 2.48. The fourth-order valence-electron chi connectivity index (χ4n) is 1.51. The fourth-order valence-corrected chi connectivity index (χ4v) is 1.51. The maximum absolute atomic E-state index is 11.2. The average Bonchev–Trinajstić information content (AvgIpc) is 2.81. The lowest BCUT2D eigenvalue weighted by atomic mass is 10.3. The van der Waals surface area contributed by atoms with E-state index in [1.807, 2.05) is 0 Å². The van der Waals surface area contributed by atoms with Crippen molar-refractivity contribution >= 4 is 0 Å². The Labute approximate surface area is 76.2 Å². The van der Waals surface area contributed by atoms with Crippen molar-refractivity contribution in [3.63, 3.8) is 0 Å². The smallest absolute Gasteiger partial charge is 0.251 e. The van der Waals surface area contributed by atoms with Gasteiger partial charge in [0, 0.05) is 18.5 Å². The molecule has 2 atom stereocenters. The van der Waals surface area contributed by atoms with Gasteiger partial charge in [-0.3, -0.25) is 4.79 Å². The zero-order chi connectivity index (χ0) is 9.42. The minimum Gasteiger partial charge on any atom is -0.325 e. The van der Waals surface area contributed by atoms with Gasteiger partial charge in [0.2, 0.25) is 0 Å². The van der Waals surface area contributed by atoms with Gasteiger partial charge in [-0.1, -0.05) is 6.92 Å². The molecule has 0 amide bonds. The highest BCUT2D eigenvalue weighted by Gasteiger charge is 2.36. The van der Waals surface area contributed by atoms with Crippen LogP contribution < -0.4 is 11.3 Å². The summed E-state index contributed by atoms with van der Waals surface area (Å²) in [6, 6.07) is 1.45. The van der Waals surface area contributed by atoms with Crippen LogP contribution in [0.2, 0.25) is 0 Å². The molecule has 0 aliphatic heterocycles. The lowest BCUT2D eigenvalue weighted by Crippen LogP contribution is -2.14. The zero-order valence-electron chi connectivity index (χ0n) is 7.58. The topological polar surface area (TPSA) is 71.8 Å². The van der Waals surface area contributed by atoms with Gasteiger partial charge in [-0.05, 0) is 12.3 Å². The summed E-state index contributed by atoms with van der Waals surface area (Å²) in [7, 11) is 0. The molecule has 1 aromatic rings. The van der Waals surface area contributed by atoms with Crippen molar-refractivity contribution in [3.05, 3.63) is 27.9 Å². The summed E-state index contributed by atoms with van der Waals surface area (Å²) < 4.78 is 0. The molecule has 1 saturated carbocycles. The monoisotopic (exact) mass is 179 g/mol. The quantitative estimate of drug-likeness (QED) is 0.688. The SMILES string of the molecule is CC1CC1c1nc(CN)cc(=O)[nH]1. The highest BCUT2D eigenvalue weighted by atomic mass is 16.1. The third-order valence-electron chi connectivity index (χ3n) is 2.48. The van der Waals surface area contributed by atoms with Crippen molar-refractivity contribution in [2.75, 3.05) is 0 Å². The number of aromatic amines is 1. The summed E-state index contributed by atoms with van der Waals surface area (Å²) in [5.74, 6) is 1.90. The molecule has 70 valence electrons. The lowest BCUT2D eigenvalue weighted by molar-refractivity contribution is 0.806. The minimum absolute atomic E-state index is 0.0930. The van der Waals surface area contributed by atoms with Crippen LogP contribution in [0.5, 0.6) is 0 Å². The molecule has 0 bridgehead atoms. The van der Waals surface area contributed by atoms with Crippen molar-refractivity contribution < 1.29 is 0 Å². The molecular weight excluding hydrogens is 166 g/mol. The van der Waals surface area contributed by atoms with Crippen LogP contribution >= 0.6 is 0 Å². The van der Waals surface area contributed by atoms with Gasteiger partial charge in [0.15, 0.2) is 0 Å². The Morgan fingerprint density at radius 1 is 1.77 bits per heavy atom. The number of aromatic nitrogens is 2. The van der Waals surface area contributed by atoms with Gasteiger partial charge in [0.1, 0.15) is 5.82 Å². The Balaban J connectivity index is 2.35. The molecule has 1 aliphatic carbocycles. The molecule has 1 aromatic heterocycles. The number of hydrogen-bond acceptors (Lipinski definition) is 3. The zero-order valence-corrected chi connectivity index (χ0v) is 7.58. The third-order valence-corrected chi connectivity index (χ3v) is 2.48. The third kappa shape index (κ3) is 1.62. The molecular formula is C9H13N3O. The van der Waals surface area contributed by atoms with Crippen LogP contribution in [-0.2, 0) is 6.54 Å². The molecule has 13 heavy (non-hydrogen) atoms. The van der Waals surface area contributed by atoms with Gasteiger partial charge in [-0.25, -0.2) is 4.98 Å². The molecule has 0 saturated heterocycles. The first kappa shape index (κ1) is 8.44. The Morgan fingerprint density at radius 3 is 3.00 bits per heavy atom. The second kappa shape index (κ2) is 2.96. The van der Waals surface area contributed by atoms with Crippen molar-refractivity contribution in [1.82, 2.24) is 9.97 Å². The predicted octanol–water partition coefficient (Wildman–Crippen LogP) is 0.352. The van der Waals surface area contributed by atoms with E-state index in [4.69, 9.17) is 5.73 Å². The molecule has 4 heteroatoms. The van der Waals surface area contributed by atoms with Crippen LogP contribution in [0, 0.1) is 5.92 Å². The number of H-pyrrole nitrogens is 1. The predicted molar refractivity (Wildman–Crippen MR) is 49.3 cm³/mol. The van der Waals surface area contributed by atoms with E-state index < -0.39 is 0 Å². The fraction of sp³-hybridized carbons (Fsp3) is 0.556. The van der Waals surface area contributed by atoms with Crippen molar-refractivity contribution in [1.29, 1.82) is 0 Å². The number of rotatable bonds is 2. The van der Waals surface area contributed by atoms with E-state index in [0.717, 1.165) is 12.2 Å². The summed E-state index contributed by atoms with van der Waals surface area (Å²) in [6.07, 6.45) is 1.12. The first-order valence-electron chi connectivity index (χ1n) is 4.51. The van der Waals surface area contributed by atoms with Gasteiger partial charge in [0.25, 0.3) is 5.56 Å². The van der Waals surface area contributed by atoms with Gasteiger partial charge in [-0.15, -0.1) is 0 Å². The van der Waals surface area contributed by atoms with E-state index in [-0.39, 0.29) is 5.56 Å². The Morgan fingerprint density at radius 2 is 2.46 bits per heavy atom. The van der Waals surface area contributed by atoms with Gasteiger partial charge < -0.3 is 10.7 Å². The van der Waals surface area contributed by atoms with Crippen LogP contribution in [0.1, 0.15) is 30.8 Å². The maximum atomic E-state index is 11.2. The second-order valence-corrected chi connectivity index (χ2v) is 3.65. The number of nitrogens with zero attached hydrogens (tertiary/aromatic N) is 1. The molecule has 3 N–H and O–H groups in total. The molecule has 0 spiro atoms. The van der Waals surface area contributed by atoms with Gasteiger partial charge >= 0.3 is 0 Å². The Kier molecular flexibility index (Phi) is 1.92. The molecule has 1 aliphatic rings. The summed E-state index contributed by atoms with van der Waals surface area (Å²) >= 11 is 0.